The maximum Gasteiger partial charge on any atom is 0.305 e. The first-order valence-corrected chi connectivity index (χ1v) is 34.9. The normalized spacial score (nSPS) is 12.5. The molecule has 6 heteroatoms. The van der Waals surface area contributed by atoms with Gasteiger partial charge >= 0.3 is 5.97 Å². The van der Waals surface area contributed by atoms with Crippen LogP contribution in [0, 0.1) is 0 Å². The summed E-state index contributed by atoms with van der Waals surface area (Å²) in [6.45, 7) is 4.96. The molecule has 0 aromatic carbocycles. The number of rotatable bonds is 66. The van der Waals surface area contributed by atoms with E-state index in [-0.39, 0.29) is 18.5 Å². The van der Waals surface area contributed by atoms with Crippen molar-refractivity contribution in [1.29, 1.82) is 0 Å². The molecule has 2 unspecified atom stereocenters. The lowest BCUT2D eigenvalue weighted by molar-refractivity contribution is -0.143. The minimum Gasteiger partial charge on any atom is -0.466 e. The minimum atomic E-state index is -0.662. The zero-order valence-corrected chi connectivity index (χ0v) is 51.8. The first-order valence-electron chi connectivity index (χ1n) is 34.9. The molecule has 1 amide bonds. The van der Waals surface area contributed by atoms with Crippen LogP contribution in [0.5, 0.6) is 0 Å². The monoisotopic (exact) mass is 1070 g/mol. The van der Waals surface area contributed by atoms with Crippen molar-refractivity contribution in [3.63, 3.8) is 0 Å². The Balaban J connectivity index is 3.35. The van der Waals surface area contributed by atoms with E-state index >= 15 is 0 Å². The zero-order valence-electron chi connectivity index (χ0n) is 51.8. The van der Waals surface area contributed by atoms with Crippen LogP contribution in [0.2, 0.25) is 0 Å². The second-order valence-electron chi connectivity index (χ2n) is 24.2. The second kappa shape index (κ2) is 66.1. The van der Waals surface area contributed by atoms with Gasteiger partial charge in [-0.05, 0) is 44.9 Å². The molecule has 0 fully saturated rings. The highest BCUT2D eigenvalue weighted by atomic mass is 16.5. The second-order valence-corrected chi connectivity index (χ2v) is 24.2. The standard InChI is InChI=1S/C70H137NO5/c1-3-5-7-9-11-13-15-16-17-18-19-30-33-36-39-43-46-50-54-58-62-68(73)67(66-72)71-69(74)63-59-55-51-47-44-40-37-34-31-28-26-24-22-20-21-23-25-27-29-32-35-38-41-45-49-53-57-61-65-76-70(75)64-60-56-52-48-42-14-12-10-8-6-4-2/h10,12,67-68,72-73H,3-9,11,13-66H2,1-2H3,(H,71,74)/b12-10-. The third-order valence-corrected chi connectivity index (χ3v) is 16.6. The van der Waals surface area contributed by atoms with Crippen LogP contribution in [0.25, 0.3) is 0 Å². The van der Waals surface area contributed by atoms with E-state index in [0.717, 1.165) is 44.9 Å². The topological polar surface area (TPSA) is 95.9 Å². The third-order valence-electron chi connectivity index (χ3n) is 16.6. The Labute approximate surface area is 476 Å². The van der Waals surface area contributed by atoms with Gasteiger partial charge in [0, 0.05) is 12.8 Å². The van der Waals surface area contributed by atoms with Gasteiger partial charge in [0.2, 0.25) is 5.91 Å². The van der Waals surface area contributed by atoms with E-state index < -0.39 is 12.1 Å². The Bertz CT molecular complexity index is 1140. The summed E-state index contributed by atoms with van der Waals surface area (Å²) in [7, 11) is 0. The highest BCUT2D eigenvalue weighted by Gasteiger charge is 2.20. The van der Waals surface area contributed by atoms with Gasteiger partial charge in [-0.2, -0.15) is 0 Å². The van der Waals surface area contributed by atoms with Crippen LogP contribution in [-0.2, 0) is 14.3 Å². The van der Waals surface area contributed by atoms with Gasteiger partial charge in [-0.1, -0.05) is 353 Å². The number of hydrogen-bond donors (Lipinski definition) is 3. The van der Waals surface area contributed by atoms with E-state index in [1.807, 2.05) is 0 Å². The lowest BCUT2D eigenvalue weighted by atomic mass is 10.0. The summed E-state index contributed by atoms with van der Waals surface area (Å²) < 4.78 is 5.47. The van der Waals surface area contributed by atoms with Gasteiger partial charge in [0.1, 0.15) is 0 Å². The number of esters is 1. The van der Waals surface area contributed by atoms with Crippen LogP contribution < -0.4 is 5.32 Å². The van der Waals surface area contributed by atoms with Crippen molar-refractivity contribution < 1.29 is 24.5 Å². The van der Waals surface area contributed by atoms with Crippen molar-refractivity contribution in [2.75, 3.05) is 13.2 Å². The van der Waals surface area contributed by atoms with E-state index in [4.69, 9.17) is 4.74 Å². The van der Waals surface area contributed by atoms with Gasteiger partial charge in [0.05, 0.1) is 25.4 Å². The molecule has 0 radical (unpaired) electrons. The number of aliphatic hydroxyl groups is 2. The van der Waals surface area contributed by atoms with E-state index in [2.05, 4.69) is 31.3 Å². The average Bonchev–Trinajstić information content (AvgIpc) is 3.42. The van der Waals surface area contributed by atoms with Crippen LogP contribution >= 0.6 is 0 Å². The van der Waals surface area contributed by atoms with E-state index in [9.17, 15) is 19.8 Å². The van der Waals surface area contributed by atoms with E-state index in [1.165, 1.54) is 321 Å². The third kappa shape index (κ3) is 61.8. The van der Waals surface area contributed by atoms with E-state index in [0.29, 0.717) is 25.9 Å². The summed E-state index contributed by atoms with van der Waals surface area (Å²) in [5.74, 6) is -0.0186. The van der Waals surface area contributed by atoms with Crippen molar-refractivity contribution in [1.82, 2.24) is 5.32 Å². The fraction of sp³-hybridized carbons (Fsp3) is 0.943. The Morgan fingerprint density at radius 2 is 0.632 bits per heavy atom. The van der Waals surface area contributed by atoms with Crippen molar-refractivity contribution in [2.24, 2.45) is 0 Å². The molecule has 6 nitrogen and oxygen atoms in total. The van der Waals surface area contributed by atoms with Crippen molar-refractivity contribution in [3.8, 4) is 0 Å². The maximum absolute atomic E-state index is 12.5. The predicted octanol–water partition coefficient (Wildman–Crippen LogP) is 22.4. The molecule has 0 heterocycles. The molecule has 0 saturated heterocycles. The summed E-state index contributed by atoms with van der Waals surface area (Å²) >= 11 is 0. The van der Waals surface area contributed by atoms with Gasteiger partial charge in [-0.3, -0.25) is 9.59 Å². The van der Waals surface area contributed by atoms with Crippen LogP contribution in [0.1, 0.15) is 399 Å². The van der Waals surface area contributed by atoms with Gasteiger partial charge in [0.15, 0.2) is 0 Å². The number of unbranched alkanes of at least 4 members (excludes halogenated alkanes) is 53. The molecule has 0 aromatic rings. The van der Waals surface area contributed by atoms with Crippen LogP contribution in [-0.4, -0.2) is 47.4 Å². The summed E-state index contributed by atoms with van der Waals surface area (Å²) in [4.78, 5) is 24.5. The zero-order chi connectivity index (χ0) is 55.0. The minimum absolute atomic E-state index is 0.00853. The number of ether oxygens (including phenoxy) is 1. The fourth-order valence-corrected chi connectivity index (χ4v) is 11.2. The Morgan fingerprint density at radius 3 is 0.974 bits per heavy atom. The fourth-order valence-electron chi connectivity index (χ4n) is 11.2. The van der Waals surface area contributed by atoms with Crippen LogP contribution in [0.4, 0.5) is 0 Å². The van der Waals surface area contributed by atoms with Gasteiger partial charge in [0.25, 0.3) is 0 Å². The number of allylic oxidation sites excluding steroid dienone is 2. The molecule has 0 bridgehead atoms. The van der Waals surface area contributed by atoms with Gasteiger partial charge in [-0.25, -0.2) is 0 Å². The highest BCUT2D eigenvalue weighted by Crippen LogP contribution is 2.19. The molecule has 0 spiro atoms. The van der Waals surface area contributed by atoms with Crippen LogP contribution in [0.15, 0.2) is 12.2 Å². The summed E-state index contributed by atoms with van der Waals surface area (Å²) in [5, 5.41) is 23.4. The van der Waals surface area contributed by atoms with Crippen molar-refractivity contribution in [3.05, 3.63) is 12.2 Å². The molecule has 452 valence electrons. The lowest BCUT2D eigenvalue weighted by Crippen LogP contribution is -2.45. The SMILES string of the molecule is CCCC/C=C\CCCCCCCC(=O)OCCCCCCCCCCCCCCCCCCCCCCCCCCCCCCC(=O)NC(CO)C(O)CCCCCCCCCCCCCCCCCCCCCC. The Morgan fingerprint density at radius 1 is 0.355 bits per heavy atom. The average molecular weight is 1070 g/mol. The molecule has 2 atom stereocenters. The summed E-state index contributed by atoms with van der Waals surface area (Å²) in [5.41, 5.74) is 0. The molecule has 0 rings (SSSR count). The van der Waals surface area contributed by atoms with Gasteiger partial charge < -0.3 is 20.3 Å². The predicted molar refractivity (Wildman–Crippen MR) is 333 cm³/mol. The molecule has 0 aliphatic rings. The molecular formula is C70H137NO5. The van der Waals surface area contributed by atoms with Gasteiger partial charge in [-0.15, -0.1) is 0 Å². The molecule has 0 saturated carbocycles. The summed E-state index contributed by atoms with van der Waals surface area (Å²) in [6, 6.07) is -0.539. The smallest absolute Gasteiger partial charge is 0.305 e. The van der Waals surface area contributed by atoms with E-state index in [1.54, 1.807) is 0 Å². The molecule has 0 aromatic heterocycles. The van der Waals surface area contributed by atoms with Crippen molar-refractivity contribution >= 4 is 11.9 Å². The molecule has 76 heavy (non-hydrogen) atoms. The quantitative estimate of drug-likeness (QED) is 0.0320. The number of aliphatic hydroxyl groups excluding tert-OH is 2. The number of amides is 1. The number of hydrogen-bond acceptors (Lipinski definition) is 5. The largest absolute Gasteiger partial charge is 0.466 e. The first kappa shape index (κ1) is 74.6. The Kier molecular flexibility index (Phi) is 64.9. The van der Waals surface area contributed by atoms with Crippen molar-refractivity contribution in [2.45, 2.75) is 411 Å². The molecule has 0 aliphatic carbocycles. The number of carbonyl (C=O) groups is 2. The lowest BCUT2D eigenvalue weighted by Gasteiger charge is -2.22. The molecule has 3 N–H and O–H groups in total. The maximum atomic E-state index is 12.5. The number of nitrogens with one attached hydrogen (secondary N) is 1. The highest BCUT2D eigenvalue weighted by molar-refractivity contribution is 5.76. The number of carbonyl (C=O) groups excluding carboxylic acids is 2. The molecule has 0 aliphatic heterocycles. The Hall–Kier alpha value is -1.40. The van der Waals surface area contributed by atoms with Crippen LogP contribution in [0.3, 0.4) is 0 Å². The molecular weight excluding hydrogens is 935 g/mol. The first-order chi connectivity index (χ1) is 37.5. The summed E-state index contributed by atoms with van der Waals surface area (Å²) in [6.07, 6.45) is 81.2.